The van der Waals surface area contributed by atoms with Gasteiger partial charge in [-0.3, -0.25) is 9.59 Å². The van der Waals surface area contributed by atoms with Crippen molar-refractivity contribution in [2.24, 2.45) is 0 Å². The second kappa shape index (κ2) is 8.26. The zero-order chi connectivity index (χ0) is 21.1. The third kappa shape index (κ3) is 4.51. The van der Waals surface area contributed by atoms with Crippen molar-refractivity contribution in [3.63, 3.8) is 0 Å². The Morgan fingerprint density at radius 1 is 1.07 bits per heavy atom. The predicted molar refractivity (Wildman–Crippen MR) is 111 cm³/mol. The quantitative estimate of drug-likeness (QED) is 0.661. The number of benzene rings is 2. The molecule has 1 heterocycles. The Bertz CT molecular complexity index is 1060. The molecule has 0 spiro atoms. The van der Waals surface area contributed by atoms with Crippen LogP contribution >= 0.6 is 0 Å². The first kappa shape index (κ1) is 20.3. The molecule has 6 nitrogen and oxygen atoms in total. The Hall–Kier alpha value is -3.48. The van der Waals surface area contributed by atoms with Crippen LogP contribution in [0.2, 0.25) is 0 Å². The third-order valence-electron chi connectivity index (χ3n) is 4.46. The van der Waals surface area contributed by atoms with E-state index >= 15 is 0 Å². The van der Waals surface area contributed by atoms with Crippen molar-refractivity contribution >= 4 is 23.2 Å². The zero-order valence-electron chi connectivity index (χ0n) is 16.8. The maximum atomic E-state index is 13.3. The van der Waals surface area contributed by atoms with Crippen LogP contribution in [0.15, 0.2) is 48.7 Å². The van der Waals surface area contributed by atoms with Crippen molar-refractivity contribution in [2.45, 2.75) is 33.6 Å². The molecule has 3 rings (SSSR count). The number of aromatic nitrogens is 2. The van der Waals surface area contributed by atoms with Crippen LogP contribution in [0.5, 0.6) is 0 Å². The number of amides is 2. The summed E-state index contributed by atoms with van der Waals surface area (Å²) in [6.45, 7) is 7.24. The molecular weight excluding hydrogens is 371 g/mol. The molecule has 0 saturated carbocycles. The van der Waals surface area contributed by atoms with Crippen molar-refractivity contribution in [1.29, 1.82) is 0 Å². The second-order valence-electron chi connectivity index (χ2n) is 7.15. The molecule has 1 aromatic heterocycles. The summed E-state index contributed by atoms with van der Waals surface area (Å²) in [5.74, 6) is -0.747. The fourth-order valence-corrected chi connectivity index (χ4v) is 3.15. The van der Waals surface area contributed by atoms with Gasteiger partial charge in [0.25, 0.3) is 5.91 Å². The van der Waals surface area contributed by atoms with Crippen LogP contribution in [0.1, 0.15) is 48.3 Å². The van der Waals surface area contributed by atoms with Gasteiger partial charge in [-0.1, -0.05) is 13.8 Å². The first-order valence-electron chi connectivity index (χ1n) is 9.29. The van der Waals surface area contributed by atoms with Crippen LogP contribution in [-0.2, 0) is 4.79 Å². The van der Waals surface area contributed by atoms with Gasteiger partial charge in [-0.15, -0.1) is 0 Å². The molecule has 0 fully saturated rings. The summed E-state index contributed by atoms with van der Waals surface area (Å²) in [6, 6.07) is 11.2. The first-order valence-corrected chi connectivity index (χ1v) is 9.29. The van der Waals surface area contributed by atoms with Crippen molar-refractivity contribution in [2.75, 3.05) is 10.6 Å². The molecule has 29 heavy (non-hydrogen) atoms. The number of rotatable bonds is 5. The second-order valence-corrected chi connectivity index (χ2v) is 7.15. The number of nitrogens with zero attached hydrogens (tertiary/aromatic N) is 2. The van der Waals surface area contributed by atoms with Crippen LogP contribution in [0.3, 0.4) is 0 Å². The fourth-order valence-electron chi connectivity index (χ4n) is 3.15. The molecule has 0 atom stereocenters. The van der Waals surface area contributed by atoms with E-state index in [0.29, 0.717) is 22.6 Å². The molecule has 7 heteroatoms. The molecule has 0 radical (unpaired) electrons. The van der Waals surface area contributed by atoms with E-state index in [1.807, 2.05) is 20.8 Å². The van der Waals surface area contributed by atoms with Crippen molar-refractivity contribution in [3.05, 3.63) is 71.3 Å². The number of hydrogen-bond acceptors (Lipinski definition) is 3. The molecule has 0 bridgehead atoms. The van der Waals surface area contributed by atoms with Gasteiger partial charge in [0, 0.05) is 18.3 Å². The van der Waals surface area contributed by atoms with Gasteiger partial charge in [0.05, 0.1) is 23.1 Å². The molecule has 2 N–H and O–H groups in total. The number of hydrogen-bond donors (Lipinski definition) is 2. The lowest BCUT2D eigenvalue weighted by atomic mass is 10.0. The Kier molecular flexibility index (Phi) is 5.77. The molecule has 3 aromatic rings. The largest absolute Gasteiger partial charge is 0.326 e. The molecular formula is C22H23FN4O2. The standard InChI is InChI=1S/C22H23FN4O2/c1-13(2)21-19(12-24-27(21)18-8-5-16(23)6-9-18)22(29)26-17-7-10-20(14(3)11-17)25-15(4)28/h5-13H,1-4H3,(H,25,28)(H,26,29). The summed E-state index contributed by atoms with van der Waals surface area (Å²) in [4.78, 5) is 24.2. The Morgan fingerprint density at radius 3 is 2.34 bits per heavy atom. The first-order chi connectivity index (χ1) is 13.8. The minimum atomic E-state index is -0.331. The van der Waals surface area contributed by atoms with E-state index in [9.17, 15) is 14.0 Å². The molecule has 0 aliphatic rings. The summed E-state index contributed by atoms with van der Waals surface area (Å²) >= 11 is 0. The lowest BCUT2D eigenvalue weighted by molar-refractivity contribution is -0.114. The summed E-state index contributed by atoms with van der Waals surface area (Å²) in [7, 11) is 0. The number of carbonyl (C=O) groups excluding carboxylic acids is 2. The monoisotopic (exact) mass is 394 g/mol. The van der Waals surface area contributed by atoms with Gasteiger partial charge in [0.2, 0.25) is 5.91 Å². The van der Waals surface area contributed by atoms with E-state index in [0.717, 1.165) is 11.3 Å². The van der Waals surface area contributed by atoms with Crippen molar-refractivity contribution in [1.82, 2.24) is 9.78 Å². The Labute approximate surface area is 168 Å². The summed E-state index contributed by atoms with van der Waals surface area (Å²) < 4.78 is 14.9. The van der Waals surface area contributed by atoms with Crippen LogP contribution in [0.4, 0.5) is 15.8 Å². The minimum Gasteiger partial charge on any atom is -0.326 e. The zero-order valence-corrected chi connectivity index (χ0v) is 16.8. The predicted octanol–water partition coefficient (Wildman–Crippen LogP) is 4.65. The van der Waals surface area contributed by atoms with Gasteiger partial charge in [0.1, 0.15) is 5.82 Å². The molecule has 2 aromatic carbocycles. The van der Waals surface area contributed by atoms with Gasteiger partial charge in [-0.05, 0) is 60.9 Å². The topological polar surface area (TPSA) is 76.0 Å². The van der Waals surface area contributed by atoms with E-state index in [4.69, 9.17) is 0 Å². The van der Waals surface area contributed by atoms with E-state index in [2.05, 4.69) is 15.7 Å². The maximum Gasteiger partial charge on any atom is 0.259 e. The normalized spacial score (nSPS) is 10.8. The fraction of sp³-hybridized carbons (Fsp3) is 0.227. The van der Waals surface area contributed by atoms with Gasteiger partial charge in [-0.2, -0.15) is 5.10 Å². The van der Waals surface area contributed by atoms with Crippen molar-refractivity contribution in [3.8, 4) is 5.69 Å². The molecule has 2 amide bonds. The van der Waals surface area contributed by atoms with E-state index in [-0.39, 0.29) is 23.5 Å². The highest BCUT2D eigenvalue weighted by molar-refractivity contribution is 6.05. The SMILES string of the molecule is CC(=O)Nc1ccc(NC(=O)c2cnn(-c3ccc(F)cc3)c2C(C)C)cc1C. The smallest absolute Gasteiger partial charge is 0.259 e. The van der Waals surface area contributed by atoms with Gasteiger partial charge < -0.3 is 10.6 Å². The number of anilines is 2. The van der Waals surface area contributed by atoms with E-state index in [1.165, 1.54) is 25.3 Å². The highest BCUT2D eigenvalue weighted by atomic mass is 19.1. The number of aryl methyl sites for hydroxylation is 1. The summed E-state index contributed by atoms with van der Waals surface area (Å²) in [6.07, 6.45) is 1.52. The van der Waals surface area contributed by atoms with E-state index < -0.39 is 0 Å². The molecule has 150 valence electrons. The third-order valence-corrected chi connectivity index (χ3v) is 4.46. The lowest BCUT2D eigenvalue weighted by Gasteiger charge is -2.14. The highest BCUT2D eigenvalue weighted by Crippen LogP contribution is 2.25. The van der Waals surface area contributed by atoms with Gasteiger partial charge >= 0.3 is 0 Å². The average molecular weight is 394 g/mol. The van der Waals surface area contributed by atoms with Crippen molar-refractivity contribution < 1.29 is 14.0 Å². The van der Waals surface area contributed by atoms with Crippen LogP contribution in [0.25, 0.3) is 5.69 Å². The molecule has 0 aliphatic carbocycles. The summed E-state index contributed by atoms with van der Waals surface area (Å²) in [5.41, 5.74) is 4.02. The van der Waals surface area contributed by atoms with Crippen LogP contribution in [0, 0.1) is 12.7 Å². The molecule has 0 unspecified atom stereocenters. The average Bonchev–Trinajstić information content (AvgIpc) is 3.10. The Balaban J connectivity index is 1.89. The summed E-state index contributed by atoms with van der Waals surface area (Å²) in [5, 5.41) is 9.98. The number of carbonyl (C=O) groups is 2. The number of nitrogens with one attached hydrogen (secondary N) is 2. The highest BCUT2D eigenvalue weighted by Gasteiger charge is 2.21. The van der Waals surface area contributed by atoms with E-state index in [1.54, 1.807) is 35.0 Å². The van der Waals surface area contributed by atoms with Crippen LogP contribution in [-0.4, -0.2) is 21.6 Å². The molecule has 0 saturated heterocycles. The number of halogens is 1. The minimum absolute atomic E-state index is 0.0205. The Morgan fingerprint density at radius 2 is 1.76 bits per heavy atom. The van der Waals surface area contributed by atoms with Crippen LogP contribution < -0.4 is 10.6 Å². The molecule has 0 aliphatic heterocycles. The lowest BCUT2D eigenvalue weighted by Crippen LogP contribution is -2.16. The van der Waals surface area contributed by atoms with Gasteiger partial charge in [-0.25, -0.2) is 9.07 Å². The van der Waals surface area contributed by atoms with Gasteiger partial charge in [0.15, 0.2) is 0 Å². The maximum absolute atomic E-state index is 13.3.